The largest absolute Gasteiger partial charge is 0.463 e. The van der Waals surface area contributed by atoms with Crippen molar-refractivity contribution in [2.45, 2.75) is 37.8 Å². The van der Waals surface area contributed by atoms with Gasteiger partial charge in [-0.3, -0.25) is 9.69 Å². The zero-order valence-electron chi connectivity index (χ0n) is 8.45. The number of rotatable bonds is 1. The summed E-state index contributed by atoms with van der Waals surface area (Å²) in [6.45, 7) is 1.88. The highest BCUT2D eigenvalue weighted by molar-refractivity contribution is 5.72. The second-order valence-electron chi connectivity index (χ2n) is 4.27. The minimum atomic E-state index is -0.0876. The lowest BCUT2D eigenvalue weighted by Crippen LogP contribution is -2.49. The number of hydrogen-bond donors (Lipinski definition) is 1. The summed E-state index contributed by atoms with van der Waals surface area (Å²) in [7, 11) is 0. The SMILES string of the molecule is NC1CCCC(N2CCOC(=O)C2)C1. The van der Waals surface area contributed by atoms with Gasteiger partial charge in [0.05, 0.1) is 6.54 Å². The maximum atomic E-state index is 11.1. The highest BCUT2D eigenvalue weighted by Gasteiger charge is 2.28. The number of carbonyl (C=O) groups is 1. The first-order valence-corrected chi connectivity index (χ1v) is 5.41. The Labute approximate surface area is 84.4 Å². The molecule has 1 saturated heterocycles. The maximum Gasteiger partial charge on any atom is 0.320 e. The van der Waals surface area contributed by atoms with Crippen LogP contribution in [-0.2, 0) is 9.53 Å². The second kappa shape index (κ2) is 4.28. The number of ether oxygens (including phenoxy) is 1. The quantitative estimate of drug-likeness (QED) is 0.608. The van der Waals surface area contributed by atoms with Gasteiger partial charge in [0, 0.05) is 18.6 Å². The Bertz CT molecular complexity index is 220. The first-order valence-electron chi connectivity index (χ1n) is 5.41. The smallest absolute Gasteiger partial charge is 0.320 e. The third-order valence-electron chi connectivity index (χ3n) is 3.18. The summed E-state index contributed by atoms with van der Waals surface area (Å²) < 4.78 is 4.91. The number of nitrogens with zero attached hydrogens (tertiary/aromatic N) is 1. The van der Waals surface area contributed by atoms with Crippen LogP contribution < -0.4 is 5.73 Å². The third kappa shape index (κ3) is 2.25. The van der Waals surface area contributed by atoms with Crippen molar-refractivity contribution < 1.29 is 9.53 Å². The van der Waals surface area contributed by atoms with Crippen molar-refractivity contribution in [3.63, 3.8) is 0 Å². The molecule has 0 aromatic rings. The van der Waals surface area contributed by atoms with Gasteiger partial charge in [0.15, 0.2) is 0 Å². The molecule has 0 aromatic heterocycles. The second-order valence-corrected chi connectivity index (χ2v) is 4.27. The molecule has 1 aliphatic heterocycles. The molecule has 0 bridgehead atoms. The molecule has 80 valence electrons. The van der Waals surface area contributed by atoms with Crippen molar-refractivity contribution in [3.8, 4) is 0 Å². The van der Waals surface area contributed by atoms with E-state index in [1.165, 1.54) is 12.8 Å². The molecule has 4 nitrogen and oxygen atoms in total. The fourth-order valence-corrected chi connectivity index (χ4v) is 2.41. The predicted octanol–water partition coefficient (Wildman–Crippen LogP) is 0.115. The summed E-state index contributed by atoms with van der Waals surface area (Å²) in [5, 5.41) is 0. The van der Waals surface area contributed by atoms with Crippen LogP contribution in [0, 0.1) is 0 Å². The summed E-state index contributed by atoms with van der Waals surface area (Å²) in [5.74, 6) is -0.0876. The summed E-state index contributed by atoms with van der Waals surface area (Å²) in [6.07, 6.45) is 4.54. The van der Waals surface area contributed by atoms with Crippen LogP contribution in [0.1, 0.15) is 25.7 Å². The predicted molar refractivity (Wildman–Crippen MR) is 52.8 cm³/mol. The van der Waals surface area contributed by atoms with E-state index in [4.69, 9.17) is 10.5 Å². The molecule has 2 fully saturated rings. The normalized spacial score (nSPS) is 35.4. The van der Waals surface area contributed by atoms with Gasteiger partial charge in [-0.05, 0) is 19.3 Å². The highest BCUT2D eigenvalue weighted by atomic mass is 16.5. The molecular weight excluding hydrogens is 180 g/mol. The van der Waals surface area contributed by atoms with E-state index in [-0.39, 0.29) is 5.97 Å². The average molecular weight is 198 g/mol. The van der Waals surface area contributed by atoms with Gasteiger partial charge in [-0.1, -0.05) is 6.42 Å². The van der Waals surface area contributed by atoms with Gasteiger partial charge in [0.2, 0.25) is 0 Å². The lowest BCUT2D eigenvalue weighted by Gasteiger charge is -2.37. The fraction of sp³-hybridized carbons (Fsp3) is 0.900. The van der Waals surface area contributed by atoms with Gasteiger partial charge in [0.1, 0.15) is 6.61 Å². The van der Waals surface area contributed by atoms with E-state index in [1.54, 1.807) is 0 Å². The van der Waals surface area contributed by atoms with E-state index in [1.807, 2.05) is 0 Å². The molecule has 0 radical (unpaired) electrons. The molecular formula is C10H18N2O2. The van der Waals surface area contributed by atoms with E-state index >= 15 is 0 Å². The molecule has 1 saturated carbocycles. The van der Waals surface area contributed by atoms with E-state index in [0.717, 1.165) is 19.4 Å². The summed E-state index contributed by atoms with van der Waals surface area (Å²) in [5.41, 5.74) is 5.92. The summed E-state index contributed by atoms with van der Waals surface area (Å²) in [6, 6.07) is 0.832. The molecule has 2 N–H and O–H groups in total. The molecule has 1 aliphatic carbocycles. The molecule has 0 aromatic carbocycles. The van der Waals surface area contributed by atoms with Crippen LogP contribution in [0.4, 0.5) is 0 Å². The maximum absolute atomic E-state index is 11.1. The number of carbonyl (C=O) groups excluding carboxylic acids is 1. The van der Waals surface area contributed by atoms with E-state index in [0.29, 0.717) is 25.2 Å². The van der Waals surface area contributed by atoms with Crippen LogP contribution in [0.5, 0.6) is 0 Å². The van der Waals surface area contributed by atoms with Crippen LogP contribution >= 0.6 is 0 Å². The summed E-state index contributed by atoms with van der Waals surface area (Å²) in [4.78, 5) is 13.3. The van der Waals surface area contributed by atoms with Gasteiger partial charge in [-0.25, -0.2) is 0 Å². The number of hydrogen-bond acceptors (Lipinski definition) is 4. The Balaban J connectivity index is 1.89. The van der Waals surface area contributed by atoms with Crippen molar-refractivity contribution in [2.75, 3.05) is 19.7 Å². The van der Waals surface area contributed by atoms with Gasteiger partial charge in [0.25, 0.3) is 0 Å². The highest BCUT2D eigenvalue weighted by Crippen LogP contribution is 2.22. The topological polar surface area (TPSA) is 55.6 Å². The lowest BCUT2D eigenvalue weighted by atomic mass is 9.90. The first-order chi connectivity index (χ1) is 6.75. The lowest BCUT2D eigenvalue weighted by molar-refractivity contribution is -0.152. The summed E-state index contributed by atoms with van der Waals surface area (Å²) >= 11 is 0. The van der Waals surface area contributed by atoms with Crippen LogP contribution in [-0.4, -0.2) is 42.6 Å². The van der Waals surface area contributed by atoms with Crippen molar-refractivity contribution in [3.05, 3.63) is 0 Å². The average Bonchev–Trinajstić information content (AvgIpc) is 2.18. The van der Waals surface area contributed by atoms with Gasteiger partial charge < -0.3 is 10.5 Å². The Hall–Kier alpha value is -0.610. The molecule has 0 spiro atoms. The van der Waals surface area contributed by atoms with E-state index in [2.05, 4.69) is 4.90 Å². The van der Waals surface area contributed by atoms with Crippen LogP contribution in [0.15, 0.2) is 0 Å². The zero-order valence-corrected chi connectivity index (χ0v) is 8.45. The van der Waals surface area contributed by atoms with Crippen molar-refractivity contribution in [1.29, 1.82) is 0 Å². The van der Waals surface area contributed by atoms with Crippen LogP contribution in [0.2, 0.25) is 0 Å². The Morgan fingerprint density at radius 1 is 1.43 bits per heavy atom. The van der Waals surface area contributed by atoms with Gasteiger partial charge in [-0.15, -0.1) is 0 Å². The molecule has 0 amide bonds. The molecule has 2 atom stereocenters. The molecule has 14 heavy (non-hydrogen) atoms. The Morgan fingerprint density at radius 3 is 3.00 bits per heavy atom. The molecule has 2 rings (SSSR count). The van der Waals surface area contributed by atoms with Gasteiger partial charge in [-0.2, -0.15) is 0 Å². The first kappa shape index (κ1) is 9.93. The number of esters is 1. The Kier molecular flexibility index (Phi) is 3.03. The molecule has 4 heteroatoms. The molecule has 1 heterocycles. The molecule has 2 aliphatic rings. The number of cyclic esters (lactones) is 1. The Morgan fingerprint density at radius 2 is 2.29 bits per heavy atom. The van der Waals surface area contributed by atoms with E-state index in [9.17, 15) is 4.79 Å². The fourth-order valence-electron chi connectivity index (χ4n) is 2.41. The molecule has 2 unspecified atom stereocenters. The van der Waals surface area contributed by atoms with Crippen LogP contribution in [0.25, 0.3) is 0 Å². The minimum Gasteiger partial charge on any atom is -0.463 e. The number of morpholine rings is 1. The van der Waals surface area contributed by atoms with Crippen LogP contribution in [0.3, 0.4) is 0 Å². The zero-order chi connectivity index (χ0) is 9.97. The van der Waals surface area contributed by atoms with Crippen molar-refractivity contribution >= 4 is 5.97 Å². The minimum absolute atomic E-state index is 0.0876. The third-order valence-corrected chi connectivity index (χ3v) is 3.18. The van der Waals surface area contributed by atoms with Gasteiger partial charge >= 0.3 is 5.97 Å². The van der Waals surface area contributed by atoms with Crippen molar-refractivity contribution in [2.24, 2.45) is 5.73 Å². The monoisotopic (exact) mass is 198 g/mol. The number of nitrogens with two attached hydrogens (primary N) is 1. The van der Waals surface area contributed by atoms with Crippen molar-refractivity contribution in [1.82, 2.24) is 4.90 Å². The van der Waals surface area contributed by atoms with E-state index < -0.39 is 0 Å². The standard InChI is InChI=1S/C10H18N2O2/c11-8-2-1-3-9(6-8)12-4-5-14-10(13)7-12/h8-9H,1-7,11H2.